The van der Waals surface area contributed by atoms with E-state index < -0.39 is 6.16 Å². The Morgan fingerprint density at radius 3 is 2.82 bits per heavy atom. The molecule has 0 amide bonds. The van der Waals surface area contributed by atoms with Crippen molar-refractivity contribution in [2.24, 2.45) is 0 Å². The minimum Gasteiger partial charge on any atom is -0.434 e. The Bertz CT molecular complexity index is 150. The van der Waals surface area contributed by atoms with Crippen LogP contribution in [0.4, 0.5) is 4.79 Å². The highest BCUT2D eigenvalue weighted by Crippen LogP contribution is 1.90. The fourth-order valence-electron chi connectivity index (χ4n) is 0.433. The van der Waals surface area contributed by atoms with Crippen LogP contribution in [0, 0.1) is 11.3 Å². The number of carbonyl (C=O) groups excluding carboxylic acids is 1. The second kappa shape index (κ2) is 6.87. The van der Waals surface area contributed by atoms with Crippen molar-refractivity contribution in [2.75, 3.05) is 13.2 Å². The third-order valence-corrected chi connectivity index (χ3v) is 0.972. The van der Waals surface area contributed by atoms with Gasteiger partial charge in [0, 0.05) is 0 Å². The van der Waals surface area contributed by atoms with Gasteiger partial charge in [-0.15, -0.1) is 0 Å². The van der Waals surface area contributed by atoms with Crippen LogP contribution in [-0.4, -0.2) is 19.4 Å². The highest BCUT2D eigenvalue weighted by Gasteiger charge is 2.00. The van der Waals surface area contributed by atoms with Crippen molar-refractivity contribution < 1.29 is 14.3 Å². The lowest BCUT2D eigenvalue weighted by atomic mass is 10.4. The van der Waals surface area contributed by atoms with Crippen molar-refractivity contribution in [3.63, 3.8) is 0 Å². The Balaban J connectivity index is 3.17. The first-order valence-corrected chi connectivity index (χ1v) is 3.47. The first-order chi connectivity index (χ1) is 5.31. The standard InChI is InChI=1S/C7H11NO3/c1-2-3-5-10-7(9)11-6-4-8/h2-3,5-6H2,1H3. The van der Waals surface area contributed by atoms with Gasteiger partial charge < -0.3 is 9.47 Å². The molecule has 0 atom stereocenters. The van der Waals surface area contributed by atoms with Crippen LogP contribution in [0.15, 0.2) is 0 Å². The van der Waals surface area contributed by atoms with Crippen LogP contribution in [0.2, 0.25) is 0 Å². The summed E-state index contributed by atoms with van der Waals surface area (Å²) in [6, 6.07) is 1.67. The summed E-state index contributed by atoms with van der Waals surface area (Å²) in [5, 5.41) is 8.00. The van der Waals surface area contributed by atoms with E-state index in [1.165, 1.54) is 0 Å². The first kappa shape index (κ1) is 9.76. The van der Waals surface area contributed by atoms with E-state index in [-0.39, 0.29) is 6.61 Å². The fourth-order valence-corrected chi connectivity index (χ4v) is 0.433. The van der Waals surface area contributed by atoms with Gasteiger partial charge in [0.2, 0.25) is 0 Å². The number of hydrogen-bond donors (Lipinski definition) is 0. The largest absolute Gasteiger partial charge is 0.509 e. The van der Waals surface area contributed by atoms with Crippen LogP contribution in [-0.2, 0) is 9.47 Å². The summed E-state index contributed by atoms with van der Waals surface area (Å²) in [5.41, 5.74) is 0. The molecule has 0 saturated carbocycles. The van der Waals surface area contributed by atoms with Gasteiger partial charge in [-0.05, 0) is 6.42 Å². The molecular weight excluding hydrogens is 146 g/mol. The summed E-state index contributed by atoms with van der Waals surface area (Å²) in [7, 11) is 0. The molecule has 0 N–H and O–H groups in total. The van der Waals surface area contributed by atoms with Gasteiger partial charge in [0.05, 0.1) is 6.61 Å². The maximum absolute atomic E-state index is 10.5. The van der Waals surface area contributed by atoms with Gasteiger partial charge in [-0.2, -0.15) is 5.26 Å². The molecule has 0 unspecified atom stereocenters. The van der Waals surface area contributed by atoms with Crippen LogP contribution in [0.25, 0.3) is 0 Å². The molecule has 0 heterocycles. The lowest BCUT2D eigenvalue weighted by molar-refractivity contribution is 0.0633. The van der Waals surface area contributed by atoms with Crippen molar-refractivity contribution in [1.29, 1.82) is 5.26 Å². The zero-order chi connectivity index (χ0) is 8.53. The number of carbonyl (C=O) groups is 1. The van der Waals surface area contributed by atoms with E-state index in [0.717, 1.165) is 12.8 Å². The quantitative estimate of drug-likeness (QED) is 0.458. The average molecular weight is 157 g/mol. The van der Waals surface area contributed by atoms with E-state index in [4.69, 9.17) is 5.26 Å². The van der Waals surface area contributed by atoms with E-state index in [1.54, 1.807) is 6.07 Å². The molecule has 0 rings (SSSR count). The van der Waals surface area contributed by atoms with Gasteiger partial charge in [-0.25, -0.2) is 4.79 Å². The molecule has 0 bridgehead atoms. The third-order valence-electron chi connectivity index (χ3n) is 0.972. The molecule has 0 aromatic rings. The van der Waals surface area contributed by atoms with E-state index in [0.29, 0.717) is 6.61 Å². The van der Waals surface area contributed by atoms with E-state index >= 15 is 0 Å². The van der Waals surface area contributed by atoms with Crippen molar-refractivity contribution in [3.05, 3.63) is 0 Å². The second-order valence-corrected chi connectivity index (χ2v) is 1.90. The number of hydrogen-bond acceptors (Lipinski definition) is 4. The minimum absolute atomic E-state index is 0.245. The molecule has 0 fully saturated rings. The highest BCUT2D eigenvalue weighted by molar-refractivity contribution is 5.59. The molecule has 0 aliphatic carbocycles. The SMILES string of the molecule is CCCCOC(=O)OCC#N. The molecule has 11 heavy (non-hydrogen) atoms. The zero-order valence-corrected chi connectivity index (χ0v) is 6.50. The molecule has 62 valence electrons. The molecule has 0 aliphatic heterocycles. The number of rotatable bonds is 4. The first-order valence-electron chi connectivity index (χ1n) is 3.47. The molecule has 0 radical (unpaired) electrons. The van der Waals surface area contributed by atoms with Crippen molar-refractivity contribution in [2.45, 2.75) is 19.8 Å². The molecule has 0 aromatic carbocycles. The maximum atomic E-state index is 10.5. The van der Waals surface area contributed by atoms with Crippen LogP contribution in [0.5, 0.6) is 0 Å². The van der Waals surface area contributed by atoms with E-state index in [2.05, 4.69) is 9.47 Å². The third kappa shape index (κ3) is 6.65. The molecule has 0 spiro atoms. The van der Waals surface area contributed by atoms with Crippen LogP contribution < -0.4 is 0 Å². The Labute approximate surface area is 65.7 Å². The van der Waals surface area contributed by atoms with Gasteiger partial charge in [-0.1, -0.05) is 13.3 Å². The Hall–Kier alpha value is -1.24. The topological polar surface area (TPSA) is 59.3 Å². The number of nitrogens with zero attached hydrogens (tertiary/aromatic N) is 1. The van der Waals surface area contributed by atoms with Gasteiger partial charge in [0.1, 0.15) is 6.07 Å². The number of ether oxygens (including phenoxy) is 2. The van der Waals surface area contributed by atoms with Gasteiger partial charge >= 0.3 is 6.16 Å². The lowest BCUT2D eigenvalue weighted by Crippen LogP contribution is -2.08. The predicted octanol–water partition coefficient (Wildman–Crippen LogP) is 1.46. The number of nitriles is 1. The molecule has 0 aliphatic rings. The Morgan fingerprint density at radius 1 is 1.55 bits per heavy atom. The summed E-state index contributed by atoms with van der Waals surface area (Å²) in [5.74, 6) is 0. The van der Waals surface area contributed by atoms with Crippen LogP contribution in [0.3, 0.4) is 0 Å². The van der Waals surface area contributed by atoms with E-state index in [1.807, 2.05) is 6.92 Å². The molecule has 4 nitrogen and oxygen atoms in total. The fraction of sp³-hybridized carbons (Fsp3) is 0.714. The van der Waals surface area contributed by atoms with Gasteiger partial charge in [-0.3, -0.25) is 0 Å². The molecule has 0 saturated heterocycles. The summed E-state index contributed by atoms with van der Waals surface area (Å²) >= 11 is 0. The Kier molecular flexibility index (Phi) is 6.10. The maximum Gasteiger partial charge on any atom is 0.509 e. The predicted molar refractivity (Wildman–Crippen MR) is 37.8 cm³/mol. The van der Waals surface area contributed by atoms with Crippen molar-refractivity contribution in [3.8, 4) is 6.07 Å². The lowest BCUT2D eigenvalue weighted by Gasteiger charge is -2.00. The summed E-state index contributed by atoms with van der Waals surface area (Å²) < 4.78 is 8.89. The molecule has 0 aromatic heterocycles. The van der Waals surface area contributed by atoms with E-state index in [9.17, 15) is 4.79 Å². The van der Waals surface area contributed by atoms with Crippen LogP contribution >= 0.6 is 0 Å². The summed E-state index contributed by atoms with van der Waals surface area (Å²) in [6.07, 6.45) is 1.02. The van der Waals surface area contributed by atoms with Gasteiger partial charge in [0.15, 0.2) is 6.61 Å². The van der Waals surface area contributed by atoms with Crippen molar-refractivity contribution in [1.82, 2.24) is 0 Å². The van der Waals surface area contributed by atoms with Crippen LogP contribution in [0.1, 0.15) is 19.8 Å². The number of unbranched alkanes of at least 4 members (excludes halogenated alkanes) is 1. The molecular formula is C7H11NO3. The second-order valence-electron chi connectivity index (χ2n) is 1.90. The minimum atomic E-state index is -0.764. The monoisotopic (exact) mass is 157 g/mol. The van der Waals surface area contributed by atoms with Crippen molar-refractivity contribution >= 4 is 6.16 Å². The molecule has 4 heteroatoms. The smallest absolute Gasteiger partial charge is 0.434 e. The summed E-state index contributed by atoms with van der Waals surface area (Å²) in [6.45, 7) is 2.11. The zero-order valence-electron chi connectivity index (χ0n) is 6.50. The van der Waals surface area contributed by atoms with Gasteiger partial charge in [0.25, 0.3) is 0 Å². The average Bonchev–Trinajstić information content (AvgIpc) is 2.01. The summed E-state index contributed by atoms with van der Waals surface area (Å²) in [4.78, 5) is 10.5. The Morgan fingerprint density at radius 2 is 2.27 bits per heavy atom. The highest BCUT2D eigenvalue weighted by atomic mass is 16.7. The normalized spacial score (nSPS) is 8.36.